The lowest BCUT2D eigenvalue weighted by molar-refractivity contribution is -0.147. The predicted octanol–water partition coefficient (Wildman–Crippen LogP) is 4.21. The topological polar surface area (TPSA) is 38.8 Å². The molecule has 2 aromatic carbocycles. The molecule has 4 heteroatoms. The first-order valence-corrected chi connectivity index (χ1v) is 9.32. The van der Waals surface area contributed by atoms with Crippen molar-refractivity contribution in [3.05, 3.63) is 65.2 Å². The maximum absolute atomic E-state index is 11.8. The SMILES string of the molecule is CCc1ccc(OCC(=O)OCc2ccc(CN(CC)CC)cc2)cc1. The van der Waals surface area contributed by atoms with Gasteiger partial charge >= 0.3 is 5.97 Å². The summed E-state index contributed by atoms with van der Waals surface area (Å²) in [7, 11) is 0. The first-order chi connectivity index (χ1) is 12.6. The summed E-state index contributed by atoms with van der Waals surface area (Å²) in [5.74, 6) is 0.316. The summed E-state index contributed by atoms with van der Waals surface area (Å²) in [6.45, 7) is 9.64. The summed E-state index contributed by atoms with van der Waals surface area (Å²) in [6, 6.07) is 16.0. The molecule has 0 aliphatic heterocycles. The highest BCUT2D eigenvalue weighted by Gasteiger charge is 2.06. The van der Waals surface area contributed by atoms with Gasteiger partial charge in [-0.15, -0.1) is 0 Å². The third-order valence-electron chi connectivity index (χ3n) is 4.41. The van der Waals surface area contributed by atoms with E-state index in [9.17, 15) is 4.79 Å². The van der Waals surface area contributed by atoms with Crippen molar-refractivity contribution in [2.24, 2.45) is 0 Å². The summed E-state index contributed by atoms with van der Waals surface area (Å²) in [4.78, 5) is 14.2. The maximum Gasteiger partial charge on any atom is 0.344 e. The first-order valence-electron chi connectivity index (χ1n) is 9.32. The molecular weight excluding hydrogens is 326 g/mol. The van der Waals surface area contributed by atoms with Gasteiger partial charge in [0, 0.05) is 6.54 Å². The molecule has 0 N–H and O–H groups in total. The Hall–Kier alpha value is -2.33. The second-order valence-corrected chi connectivity index (χ2v) is 6.22. The number of carbonyl (C=O) groups excluding carboxylic acids is 1. The Morgan fingerprint density at radius 1 is 0.846 bits per heavy atom. The van der Waals surface area contributed by atoms with Crippen LogP contribution in [0.2, 0.25) is 0 Å². The van der Waals surface area contributed by atoms with Gasteiger partial charge in [0.1, 0.15) is 12.4 Å². The number of benzene rings is 2. The first kappa shape index (κ1) is 20.0. The number of hydrogen-bond acceptors (Lipinski definition) is 4. The molecule has 26 heavy (non-hydrogen) atoms. The molecule has 0 atom stereocenters. The number of esters is 1. The average molecular weight is 355 g/mol. The highest BCUT2D eigenvalue weighted by Crippen LogP contribution is 2.13. The van der Waals surface area contributed by atoms with Gasteiger partial charge in [-0.05, 0) is 48.3 Å². The van der Waals surface area contributed by atoms with E-state index in [0.29, 0.717) is 5.75 Å². The zero-order chi connectivity index (χ0) is 18.8. The third kappa shape index (κ3) is 6.52. The fourth-order valence-electron chi connectivity index (χ4n) is 2.62. The van der Waals surface area contributed by atoms with Gasteiger partial charge in [0.25, 0.3) is 0 Å². The lowest BCUT2D eigenvalue weighted by atomic mass is 10.1. The van der Waals surface area contributed by atoms with Gasteiger partial charge in [0.05, 0.1) is 0 Å². The molecule has 2 rings (SSSR count). The fourth-order valence-corrected chi connectivity index (χ4v) is 2.62. The minimum Gasteiger partial charge on any atom is -0.482 e. The van der Waals surface area contributed by atoms with E-state index in [0.717, 1.165) is 31.6 Å². The molecule has 0 saturated carbocycles. The Kier molecular flexibility index (Phi) is 8.16. The Bertz CT molecular complexity index is 661. The van der Waals surface area contributed by atoms with E-state index in [-0.39, 0.29) is 19.2 Å². The van der Waals surface area contributed by atoms with Gasteiger partial charge in [-0.1, -0.05) is 57.2 Å². The van der Waals surface area contributed by atoms with Crippen LogP contribution in [0, 0.1) is 0 Å². The van der Waals surface area contributed by atoms with Gasteiger partial charge in [-0.2, -0.15) is 0 Å². The number of aryl methyl sites for hydroxylation is 1. The van der Waals surface area contributed by atoms with Crippen LogP contribution in [0.1, 0.15) is 37.5 Å². The summed E-state index contributed by atoms with van der Waals surface area (Å²) < 4.78 is 10.7. The van der Waals surface area contributed by atoms with Crippen LogP contribution in [0.15, 0.2) is 48.5 Å². The number of ether oxygens (including phenoxy) is 2. The van der Waals surface area contributed by atoms with Crippen molar-refractivity contribution in [2.75, 3.05) is 19.7 Å². The Morgan fingerprint density at radius 3 is 2.00 bits per heavy atom. The normalized spacial score (nSPS) is 10.8. The second kappa shape index (κ2) is 10.6. The van der Waals surface area contributed by atoms with Crippen LogP contribution in [-0.4, -0.2) is 30.6 Å². The van der Waals surface area contributed by atoms with Crippen molar-refractivity contribution in [1.82, 2.24) is 4.90 Å². The van der Waals surface area contributed by atoms with E-state index in [1.54, 1.807) is 0 Å². The van der Waals surface area contributed by atoms with Crippen LogP contribution < -0.4 is 4.74 Å². The Labute approximate surface area is 156 Å². The fraction of sp³-hybridized carbons (Fsp3) is 0.409. The Morgan fingerprint density at radius 2 is 1.42 bits per heavy atom. The zero-order valence-corrected chi connectivity index (χ0v) is 16.0. The molecule has 0 aromatic heterocycles. The second-order valence-electron chi connectivity index (χ2n) is 6.22. The average Bonchev–Trinajstić information content (AvgIpc) is 2.70. The molecule has 0 aliphatic rings. The highest BCUT2D eigenvalue weighted by atomic mass is 16.6. The zero-order valence-electron chi connectivity index (χ0n) is 16.0. The van der Waals surface area contributed by atoms with Gasteiger partial charge in [-0.25, -0.2) is 4.79 Å². The smallest absolute Gasteiger partial charge is 0.344 e. The van der Waals surface area contributed by atoms with Crippen molar-refractivity contribution in [3.63, 3.8) is 0 Å². The van der Waals surface area contributed by atoms with E-state index in [2.05, 4.69) is 37.8 Å². The lowest BCUT2D eigenvalue weighted by Gasteiger charge is -2.18. The van der Waals surface area contributed by atoms with E-state index in [1.807, 2.05) is 36.4 Å². The van der Waals surface area contributed by atoms with Gasteiger partial charge in [0.15, 0.2) is 6.61 Å². The monoisotopic (exact) mass is 355 g/mol. The van der Waals surface area contributed by atoms with Crippen molar-refractivity contribution < 1.29 is 14.3 Å². The quantitative estimate of drug-likeness (QED) is 0.598. The summed E-state index contributed by atoms with van der Waals surface area (Å²) in [5.41, 5.74) is 3.49. The van der Waals surface area contributed by atoms with Crippen LogP contribution in [0.3, 0.4) is 0 Å². The van der Waals surface area contributed by atoms with E-state index < -0.39 is 0 Å². The van der Waals surface area contributed by atoms with Crippen LogP contribution in [0.5, 0.6) is 5.75 Å². The van der Waals surface area contributed by atoms with Crippen molar-refractivity contribution in [1.29, 1.82) is 0 Å². The number of rotatable bonds is 10. The van der Waals surface area contributed by atoms with Crippen molar-refractivity contribution >= 4 is 5.97 Å². The van der Waals surface area contributed by atoms with Crippen LogP contribution in [0.25, 0.3) is 0 Å². The molecule has 2 aromatic rings. The molecule has 4 nitrogen and oxygen atoms in total. The molecule has 0 saturated heterocycles. The molecule has 140 valence electrons. The molecule has 0 bridgehead atoms. The summed E-state index contributed by atoms with van der Waals surface area (Å²) in [5, 5.41) is 0. The molecular formula is C22H29NO3. The summed E-state index contributed by atoms with van der Waals surface area (Å²) >= 11 is 0. The lowest BCUT2D eigenvalue weighted by Crippen LogP contribution is -2.22. The molecule has 0 spiro atoms. The molecule has 0 heterocycles. The van der Waals surface area contributed by atoms with Gasteiger partial charge in [0.2, 0.25) is 0 Å². The van der Waals surface area contributed by atoms with Gasteiger partial charge < -0.3 is 9.47 Å². The van der Waals surface area contributed by atoms with E-state index in [1.165, 1.54) is 11.1 Å². The number of carbonyl (C=O) groups is 1. The highest BCUT2D eigenvalue weighted by molar-refractivity contribution is 5.71. The summed E-state index contributed by atoms with van der Waals surface area (Å²) in [6.07, 6.45) is 0.982. The van der Waals surface area contributed by atoms with Crippen molar-refractivity contribution in [3.8, 4) is 5.75 Å². The Balaban J connectivity index is 1.74. The van der Waals surface area contributed by atoms with Crippen LogP contribution >= 0.6 is 0 Å². The van der Waals surface area contributed by atoms with E-state index >= 15 is 0 Å². The molecule has 0 aliphatic carbocycles. The van der Waals surface area contributed by atoms with Crippen molar-refractivity contribution in [2.45, 2.75) is 40.3 Å². The molecule has 0 amide bonds. The molecule has 0 radical (unpaired) electrons. The maximum atomic E-state index is 11.8. The minimum atomic E-state index is -0.364. The third-order valence-corrected chi connectivity index (χ3v) is 4.41. The van der Waals surface area contributed by atoms with E-state index in [4.69, 9.17) is 9.47 Å². The largest absolute Gasteiger partial charge is 0.482 e. The number of nitrogens with zero attached hydrogens (tertiary/aromatic N) is 1. The molecule has 0 fully saturated rings. The minimum absolute atomic E-state index is 0.0779. The standard InChI is InChI=1S/C22H29NO3/c1-4-18-11-13-21(14-12-18)25-17-22(24)26-16-20-9-7-19(8-10-20)15-23(5-2)6-3/h7-14H,4-6,15-17H2,1-3H3. The molecule has 0 unspecified atom stereocenters. The predicted molar refractivity (Wildman–Crippen MR) is 104 cm³/mol. The van der Waals surface area contributed by atoms with Gasteiger partial charge in [-0.3, -0.25) is 4.90 Å². The van der Waals surface area contributed by atoms with Crippen LogP contribution in [0.4, 0.5) is 0 Å². The number of hydrogen-bond donors (Lipinski definition) is 0. The van der Waals surface area contributed by atoms with Crippen LogP contribution in [-0.2, 0) is 29.1 Å².